The van der Waals surface area contributed by atoms with Gasteiger partial charge in [-0.25, -0.2) is 0 Å². The number of fused-ring (bicyclic) bond motifs is 3. The lowest BCUT2D eigenvalue weighted by molar-refractivity contribution is -0.123. The summed E-state index contributed by atoms with van der Waals surface area (Å²) in [6.07, 6.45) is 3.83. The fraction of sp³-hybridized carbons (Fsp3) is 0.290. The molecule has 1 fully saturated rings. The van der Waals surface area contributed by atoms with Gasteiger partial charge in [0.15, 0.2) is 23.1 Å². The number of aromatic hydroxyl groups is 1. The van der Waals surface area contributed by atoms with E-state index in [1.165, 1.54) is 11.0 Å². The largest absolute Gasteiger partial charge is 0.504 e. The molecule has 4 atom stereocenters. The quantitative estimate of drug-likeness (QED) is 0.219. The van der Waals surface area contributed by atoms with Crippen LogP contribution in [0.15, 0.2) is 76.9 Å². The number of ether oxygens (including phenoxy) is 1. The Morgan fingerprint density at radius 3 is 2.49 bits per heavy atom. The second-order valence-corrected chi connectivity index (χ2v) is 11.6. The number of Topliss-reactive ketones (excluding diaryl/α,β-unsaturated/α-hetero) is 1. The number of hydrogen-bond donors (Lipinski definition) is 1. The summed E-state index contributed by atoms with van der Waals surface area (Å²) in [7, 11) is 0. The molecule has 1 aliphatic heterocycles. The number of nitrogens with zero attached hydrogens (tertiary/aromatic N) is 1. The van der Waals surface area contributed by atoms with Crippen LogP contribution in [0.1, 0.15) is 38.2 Å². The third-order valence-corrected chi connectivity index (χ3v) is 9.01. The summed E-state index contributed by atoms with van der Waals surface area (Å²) in [4.78, 5) is 55.6. The van der Waals surface area contributed by atoms with E-state index in [9.17, 15) is 24.3 Å². The number of ketones is 2. The molecule has 2 aromatic carbocycles. The zero-order valence-corrected chi connectivity index (χ0v) is 23.6. The molecule has 0 spiro atoms. The van der Waals surface area contributed by atoms with E-state index in [4.69, 9.17) is 4.74 Å². The second-order valence-electron chi connectivity index (χ2n) is 10.3. The number of phenolic OH excluding ortho intramolecular Hbond substituents is 1. The number of para-hydroxylation sites is 1. The van der Waals surface area contributed by atoms with Crippen LogP contribution >= 0.6 is 22.6 Å². The van der Waals surface area contributed by atoms with Gasteiger partial charge in [-0.2, -0.15) is 0 Å². The van der Waals surface area contributed by atoms with Gasteiger partial charge >= 0.3 is 0 Å². The van der Waals surface area contributed by atoms with Crippen molar-refractivity contribution in [3.05, 3.63) is 86.0 Å². The maximum atomic E-state index is 13.9. The third kappa shape index (κ3) is 3.91. The van der Waals surface area contributed by atoms with Gasteiger partial charge in [0, 0.05) is 31.8 Å². The minimum Gasteiger partial charge on any atom is -0.504 e. The minimum absolute atomic E-state index is 0.0965. The van der Waals surface area contributed by atoms with Crippen LogP contribution in [-0.2, 0) is 19.2 Å². The summed E-state index contributed by atoms with van der Waals surface area (Å²) in [6, 6.07) is 12.4. The highest BCUT2D eigenvalue weighted by molar-refractivity contribution is 14.1. The molecule has 2 aromatic rings. The minimum atomic E-state index is -0.726. The Kier molecular flexibility index (Phi) is 6.32. The van der Waals surface area contributed by atoms with Crippen LogP contribution in [0, 0.1) is 21.3 Å². The van der Waals surface area contributed by atoms with Crippen molar-refractivity contribution in [3.63, 3.8) is 0 Å². The molecule has 1 saturated heterocycles. The van der Waals surface area contributed by atoms with Crippen LogP contribution in [-0.4, -0.2) is 35.1 Å². The van der Waals surface area contributed by atoms with E-state index in [1.54, 1.807) is 37.3 Å². The number of anilines is 1. The standard InChI is InChI=1S/C31H26INO6/c1-3-39-24-6-4-5-19(29(24)36)25-18-11-12-20-26(21(18)14-22-27(25)23(34)13-15(2)28(22)35)31(38)33(30(20)37)17-9-7-16(32)8-10-17/h4-11,13,20-21,25-26,36H,3,12,14H2,1-2H3. The Bertz CT molecular complexity index is 1550. The Labute approximate surface area is 239 Å². The summed E-state index contributed by atoms with van der Waals surface area (Å²) in [5.41, 5.74) is 2.81. The van der Waals surface area contributed by atoms with E-state index in [2.05, 4.69) is 22.6 Å². The van der Waals surface area contributed by atoms with Crippen molar-refractivity contribution in [2.45, 2.75) is 32.6 Å². The van der Waals surface area contributed by atoms with Gasteiger partial charge in [-0.05, 0) is 91.6 Å². The van der Waals surface area contributed by atoms with E-state index in [0.717, 1.165) is 9.14 Å². The van der Waals surface area contributed by atoms with Crippen molar-refractivity contribution in [1.29, 1.82) is 0 Å². The Balaban J connectivity index is 1.50. The first-order chi connectivity index (χ1) is 18.7. The fourth-order valence-corrected chi connectivity index (χ4v) is 6.99. The molecule has 8 heteroatoms. The summed E-state index contributed by atoms with van der Waals surface area (Å²) in [5.74, 6) is -3.27. The van der Waals surface area contributed by atoms with Crippen LogP contribution in [0.4, 0.5) is 5.69 Å². The van der Waals surface area contributed by atoms with E-state index in [-0.39, 0.29) is 41.3 Å². The third-order valence-electron chi connectivity index (χ3n) is 8.29. The van der Waals surface area contributed by atoms with E-state index >= 15 is 0 Å². The van der Waals surface area contributed by atoms with Gasteiger partial charge in [0.05, 0.1) is 24.1 Å². The van der Waals surface area contributed by atoms with Crippen LogP contribution in [0.5, 0.6) is 11.5 Å². The van der Waals surface area contributed by atoms with E-state index in [0.29, 0.717) is 41.0 Å². The number of benzene rings is 2. The van der Waals surface area contributed by atoms with Gasteiger partial charge in [-0.3, -0.25) is 24.1 Å². The van der Waals surface area contributed by atoms with E-state index < -0.39 is 23.7 Å². The molecule has 39 heavy (non-hydrogen) atoms. The number of rotatable bonds is 4. The summed E-state index contributed by atoms with van der Waals surface area (Å²) >= 11 is 2.17. The topological polar surface area (TPSA) is 101 Å². The first-order valence-corrected chi connectivity index (χ1v) is 14.1. The molecule has 0 aromatic heterocycles. The van der Waals surface area contributed by atoms with Gasteiger partial charge in [-0.1, -0.05) is 23.8 Å². The monoisotopic (exact) mass is 635 g/mol. The molecule has 1 heterocycles. The molecule has 4 unspecified atom stereocenters. The Morgan fingerprint density at radius 1 is 1.03 bits per heavy atom. The van der Waals surface area contributed by atoms with Crippen LogP contribution in [0.25, 0.3) is 0 Å². The smallest absolute Gasteiger partial charge is 0.238 e. The fourth-order valence-electron chi connectivity index (χ4n) is 6.63. The number of phenols is 1. The number of imide groups is 1. The first kappa shape index (κ1) is 25.7. The first-order valence-electron chi connectivity index (χ1n) is 13.0. The summed E-state index contributed by atoms with van der Waals surface area (Å²) in [5, 5.41) is 11.2. The number of halogens is 1. The molecule has 0 bridgehead atoms. The van der Waals surface area contributed by atoms with Gasteiger partial charge in [-0.15, -0.1) is 0 Å². The van der Waals surface area contributed by atoms with E-state index in [1.807, 2.05) is 25.1 Å². The van der Waals surface area contributed by atoms with Gasteiger partial charge in [0.2, 0.25) is 11.8 Å². The van der Waals surface area contributed by atoms with Crippen molar-refractivity contribution >= 4 is 51.7 Å². The van der Waals surface area contributed by atoms with Crippen LogP contribution in [0.2, 0.25) is 0 Å². The Morgan fingerprint density at radius 2 is 1.77 bits per heavy atom. The normalized spacial score (nSPS) is 26.2. The van der Waals surface area contributed by atoms with Crippen LogP contribution < -0.4 is 9.64 Å². The predicted octanol–water partition coefficient (Wildman–Crippen LogP) is 5.03. The molecule has 2 amide bonds. The lowest BCUT2D eigenvalue weighted by atomic mass is 9.59. The molecule has 4 aliphatic rings. The molecular formula is C31H26INO6. The van der Waals surface area contributed by atoms with Crippen molar-refractivity contribution in [1.82, 2.24) is 0 Å². The number of carbonyl (C=O) groups excluding carboxylic acids is 4. The molecule has 7 nitrogen and oxygen atoms in total. The maximum absolute atomic E-state index is 13.9. The highest BCUT2D eigenvalue weighted by Gasteiger charge is 2.56. The zero-order chi connectivity index (χ0) is 27.6. The van der Waals surface area contributed by atoms with Crippen molar-refractivity contribution < 1.29 is 29.0 Å². The van der Waals surface area contributed by atoms with Gasteiger partial charge in [0.25, 0.3) is 0 Å². The lowest BCUT2D eigenvalue weighted by Crippen LogP contribution is -2.39. The lowest BCUT2D eigenvalue weighted by Gasteiger charge is -2.42. The SMILES string of the molecule is CCOc1cccc(C2C3=CCC4C(=O)N(c5ccc(I)cc5)C(=O)C4C3CC3=C2C(=O)C=C(C)C3=O)c1O. The zero-order valence-electron chi connectivity index (χ0n) is 21.4. The average molecular weight is 635 g/mol. The average Bonchev–Trinajstić information content (AvgIpc) is 3.18. The number of amides is 2. The molecule has 198 valence electrons. The predicted molar refractivity (Wildman–Crippen MR) is 152 cm³/mol. The number of allylic oxidation sites excluding steroid dienone is 6. The molecule has 6 rings (SSSR count). The Hall–Kier alpha value is -3.53. The highest BCUT2D eigenvalue weighted by Crippen LogP contribution is 2.57. The maximum Gasteiger partial charge on any atom is 0.238 e. The summed E-state index contributed by atoms with van der Waals surface area (Å²) < 4.78 is 6.61. The van der Waals surface area contributed by atoms with Crippen molar-refractivity contribution in [2.75, 3.05) is 11.5 Å². The van der Waals surface area contributed by atoms with Crippen molar-refractivity contribution in [3.8, 4) is 11.5 Å². The second kappa shape index (κ2) is 9.59. The summed E-state index contributed by atoms with van der Waals surface area (Å²) in [6.45, 7) is 3.77. The number of carbonyl (C=O) groups is 4. The molecule has 3 aliphatic carbocycles. The number of hydrogen-bond acceptors (Lipinski definition) is 6. The van der Waals surface area contributed by atoms with Crippen molar-refractivity contribution in [2.24, 2.45) is 17.8 Å². The molecule has 1 N–H and O–H groups in total. The van der Waals surface area contributed by atoms with Gasteiger partial charge < -0.3 is 9.84 Å². The molecule has 0 radical (unpaired) electrons. The van der Waals surface area contributed by atoms with Gasteiger partial charge in [0.1, 0.15) is 0 Å². The van der Waals surface area contributed by atoms with Crippen LogP contribution in [0.3, 0.4) is 0 Å². The molecule has 0 saturated carbocycles. The highest BCUT2D eigenvalue weighted by atomic mass is 127. The molecular weight excluding hydrogens is 609 g/mol.